The van der Waals surface area contributed by atoms with E-state index in [2.05, 4.69) is 21.2 Å². The third kappa shape index (κ3) is 4.94. The molecule has 4 nitrogen and oxygen atoms in total. The normalized spacial score (nSPS) is 14.9. The quantitative estimate of drug-likeness (QED) is 0.808. The van der Waals surface area contributed by atoms with Gasteiger partial charge in [0, 0.05) is 30.0 Å². The lowest BCUT2D eigenvalue weighted by molar-refractivity contribution is -0.122. The highest BCUT2D eigenvalue weighted by molar-refractivity contribution is 9.10. The summed E-state index contributed by atoms with van der Waals surface area (Å²) in [6, 6.07) is 17.7. The predicted octanol–water partition coefficient (Wildman–Crippen LogP) is 3.80. The Morgan fingerprint density at radius 1 is 1.00 bits per heavy atom. The first kappa shape index (κ1) is 18.6. The average molecular weight is 415 g/mol. The Labute approximate surface area is 162 Å². The molecule has 2 amide bonds. The van der Waals surface area contributed by atoms with Crippen molar-refractivity contribution in [1.82, 2.24) is 10.2 Å². The standard InChI is InChI=1S/C21H23BrN2O2/c22-19-9-5-4-8-18(19)21(26)24-14-12-17(13-15-24)23-20(25)11-10-16-6-2-1-3-7-16/h1-9,17H,10-15H2,(H,23,25). The Balaban J connectivity index is 1.44. The highest BCUT2D eigenvalue weighted by atomic mass is 79.9. The molecule has 1 heterocycles. The highest BCUT2D eigenvalue weighted by Crippen LogP contribution is 2.20. The van der Waals surface area contributed by atoms with Crippen molar-refractivity contribution in [3.8, 4) is 0 Å². The maximum absolute atomic E-state index is 12.6. The molecule has 136 valence electrons. The smallest absolute Gasteiger partial charge is 0.254 e. The first-order chi connectivity index (χ1) is 12.6. The predicted molar refractivity (Wildman–Crippen MR) is 106 cm³/mol. The molecule has 1 aliphatic rings. The van der Waals surface area contributed by atoms with Crippen molar-refractivity contribution in [2.24, 2.45) is 0 Å². The van der Waals surface area contributed by atoms with Crippen LogP contribution in [0.5, 0.6) is 0 Å². The van der Waals surface area contributed by atoms with E-state index in [-0.39, 0.29) is 17.9 Å². The van der Waals surface area contributed by atoms with Crippen molar-refractivity contribution >= 4 is 27.7 Å². The molecule has 26 heavy (non-hydrogen) atoms. The van der Waals surface area contributed by atoms with Gasteiger partial charge in [0.25, 0.3) is 5.91 Å². The second kappa shape index (κ2) is 8.99. The fraction of sp³-hybridized carbons (Fsp3) is 0.333. The van der Waals surface area contributed by atoms with E-state index >= 15 is 0 Å². The molecule has 1 saturated heterocycles. The molecule has 3 rings (SSSR count). The number of benzene rings is 2. The molecule has 5 heteroatoms. The lowest BCUT2D eigenvalue weighted by Gasteiger charge is -2.32. The van der Waals surface area contributed by atoms with E-state index in [0.717, 1.165) is 23.7 Å². The second-order valence-electron chi connectivity index (χ2n) is 6.60. The van der Waals surface area contributed by atoms with Gasteiger partial charge in [-0.3, -0.25) is 9.59 Å². The van der Waals surface area contributed by atoms with Crippen LogP contribution >= 0.6 is 15.9 Å². The number of likely N-dealkylation sites (tertiary alicyclic amines) is 1. The van der Waals surface area contributed by atoms with E-state index in [1.54, 1.807) is 0 Å². The van der Waals surface area contributed by atoms with Crippen LogP contribution < -0.4 is 5.32 Å². The maximum atomic E-state index is 12.6. The molecule has 1 N–H and O–H groups in total. The van der Waals surface area contributed by atoms with Crippen LogP contribution in [0, 0.1) is 0 Å². The number of rotatable bonds is 5. The van der Waals surface area contributed by atoms with Gasteiger partial charge in [-0.05, 0) is 52.9 Å². The Kier molecular flexibility index (Phi) is 6.45. The monoisotopic (exact) mass is 414 g/mol. The Morgan fingerprint density at radius 2 is 1.65 bits per heavy atom. The van der Waals surface area contributed by atoms with Gasteiger partial charge in [0.15, 0.2) is 0 Å². The fourth-order valence-corrected chi connectivity index (χ4v) is 3.69. The van der Waals surface area contributed by atoms with Crippen LogP contribution in [0.4, 0.5) is 0 Å². The SMILES string of the molecule is O=C(CCc1ccccc1)NC1CCN(C(=O)c2ccccc2Br)CC1. The molecule has 1 aliphatic heterocycles. The van der Waals surface area contributed by atoms with Crippen LogP contribution in [-0.2, 0) is 11.2 Å². The van der Waals surface area contributed by atoms with E-state index in [9.17, 15) is 9.59 Å². The molecule has 0 unspecified atom stereocenters. The van der Waals surface area contributed by atoms with Crippen molar-refractivity contribution in [3.63, 3.8) is 0 Å². The lowest BCUT2D eigenvalue weighted by Crippen LogP contribution is -2.46. The van der Waals surface area contributed by atoms with Gasteiger partial charge in [-0.15, -0.1) is 0 Å². The second-order valence-corrected chi connectivity index (χ2v) is 7.45. The third-order valence-corrected chi connectivity index (χ3v) is 5.43. The number of piperidine rings is 1. The summed E-state index contributed by atoms with van der Waals surface area (Å²) in [5.41, 5.74) is 1.87. The number of amides is 2. The van der Waals surface area contributed by atoms with Crippen LogP contribution in [0.1, 0.15) is 35.2 Å². The summed E-state index contributed by atoms with van der Waals surface area (Å²) in [7, 11) is 0. The van der Waals surface area contributed by atoms with E-state index in [1.807, 2.05) is 59.5 Å². The molecule has 0 aromatic heterocycles. The molecule has 2 aromatic carbocycles. The summed E-state index contributed by atoms with van der Waals surface area (Å²) in [6.45, 7) is 1.34. The van der Waals surface area contributed by atoms with Crippen molar-refractivity contribution in [1.29, 1.82) is 0 Å². The van der Waals surface area contributed by atoms with Gasteiger partial charge in [0.05, 0.1) is 5.56 Å². The Morgan fingerprint density at radius 3 is 2.35 bits per heavy atom. The van der Waals surface area contributed by atoms with Crippen LogP contribution in [0.3, 0.4) is 0 Å². The molecule has 0 aliphatic carbocycles. The molecular formula is C21H23BrN2O2. The van der Waals surface area contributed by atoms with Crippen LogP contribution in [-0.4, -0.2) is 35.8 Å². The van der Waals surface area contributed by atoms with Crippen molar-refractivity contribution < 1.29 is 9.59 Å². The number of carbonyl (C=O) groups excluding carboxylic acids is 2. The van der Waals surface area contributed by atoms with Gasteiger partial charge in [-0.1, -0.05) is 42.5 Å². The van der Waals surface area contributed by atoms with Gasteiger partial charge in [0.2, 0.25) is 5.91 Å². The minimum absolute atomic E-state index is 0.0475. The van der Waals surface area contributed by atoms with Gasteiger partial charge >= 0.3 is 0 Å². The molecule has 0 atom stereocenters. The van der Waals surface area contributed by atoms with Crippen molar-refractivity contribution in [2.75, 3.05) is 13.1 Å². The third-order valence-electron chi connectivity index (χ3n) is 4.74. The number of nitrogens with one attached hydrogen (secondary N) is 1. The first-order valence-corrected chi connectivity index (χ1v) is 9.80. The molecule has 0 spiro atoms. The zero-order chi connectivity index (χ0) is 18.4. The van der Waals surface area contributed by atoms with E-state index in [0.29, 0.717) is 25.1 Å². The average Bonchev–Trinajstić information content (AvgIpc) is 2.68. The van der Waals surface area contributed by atoms with Gasteiger partial charge in [-0.25, -0.2) is 0 Å². The number of aryl methyl sites for hydroxylation is 1. The minimum atomic E-state index is 0.0475. The van der Waals surface area contributed by atoms with E-state index < -0.39 is 0 Å². The Hall–Kier alpha value is -2.14. The zero-order valence-corrected chi connectivity index (χ0v) is 16.2. The molecule has 2 aromatic rings. The van der Waals surface area contributed by atoms with Gasteiger partial charge < -0.3 is 10.2 Å². The van der Waals surface area contributed by atoms with Crippen LogP contribution in [0.2, 0.25) is 0 Å². The molecular weight excluding hydrogens is 392 g/mol. The summed E-state index contributed by atoms with van der Waals surface area (Å²) < 4.78 is 0.821. The van der Waals surface area contributed by atoms with Gasteiger partial charge in [0.1, 0.15) is 0 Å². The molecule has 0 radical (unpaired) electrons. The van der Waals surface area contributed by atoms with Crippen molar-refractivity contribution in [2.45, 2.75) is 31.7 Å². The number of hydrogen-bond donors (Lipinski definition) is 1. The largest absolute Gasteiger partial charge is 0.353 e. The summed E-state index contributed by atoms with van der Waals surface area (Å²) in [5.74, 6) is 0.135. The number of carbonyl (C=O) groups is 2. The van der Waals surface area contributed by atoms with Crippen LogP contribution in [0.15, 0.2) is 59.1 Å². The van der Waals surface area contributed by atoms with Crippen molar-refractivity contribution in [3.05, 3.63) is 70.2 Å². The fourth-order valence-electron chi connectivity index (χ4n) is 3.23. The first-order valence-electron chi connectivity index (χ1n) is 9.00. The summed E-state index contributed by atoms with van der Waals surface area (Å²) in [4.78, 5) is 26.7. The summed E-state index contributed by atoms with van der Waals surface area (Å²) in [5, 5.41) is 3.11. The summed E-state index contributed by atoms with van der Waals surface area (Å²) in [6.07, 6.45) is 2.85. The number of halogens is 1. The zero-order valence-electron chi connectivity index (χ0n) is 14.7. The lowest BCUT2D eigenvalue weighted by atomic mass is 10.0. The molecule has 0 bridgehead atoms. The van der Waals surface area contributed by atoms with Gasteiger partial charge in [-0.2, -0.15) is 0 Å². The highest BCUT2D eigenvalue weighted by Gasteiger charge is 2.25. The topological polar surface area (TPSA) is 49.4 Å². The van der Waals surface area contributed by atoms with E-state index in [4.69, 9.17) is 0 Å². The summed E-state index contributed by atoms with van der Waals surface area (Å²) >= 11 is 3.44. The van der Waals surface area contributed by atoms with Crippen LogP contribution in [0.25, 0.3) is 0 Å². The maximum Gasteiger partial charge on any atom is 0.254 e. The molecule has 0 saturated carbocycles. The van der Waals surface area contributed by atoms with E-state index in [1.165, 1.54) is 5.56 Å². The number of hydrogen-bond acceptors (Lipinski definition) is 2. The Bertz CT molecular complexity index is 756. The molecule has 1 fully saturated rings. The number of nitrogens with zero attached hydrogens (tertiary/aromatic N) is 1. The minimum Gasteiger partial charge on any atom is -0.353 e.